The highest BCUT2D eigenvalue weighted by Gasteiger charge is 2.53. The van der Waals surface area contributed by atoms with E-state index in [4.69, 9.17) is 0 Å². The number of carbonyl (C=O) groups is 2. The first-order valence-corrected chi connectivity index (χ1v) is 14.2. The lowest BCUT2D eigenvalue weighted by Gasteiger charge is -2.47. The number of nitrogens with zero attached hydrogens (tertiary/aromatic N) is 4. The summed E-state index contributed by atoms with van der Waals surface area (Å²) >= 11 is 1.58. The number of rotatable bonds is 5. The number of anilines is 2. The Morgan fingerprint density at radius 2 is 1.98 bits per heavy atom. The lowest BCUT2D eigenvalue weighted by atomic mass is 9.81. The minimum atomic E-state index is -4.53. The van der Waals surface area contributed by atoms with Gasteiger partial charge in [-0.1, -0.05) is 12.5 Å². The average Bonchev–Trinajstić information content (AvgIpc) is 3.41. The zero-order valence-corrected chi connectivity index (χ0v) is 23.0. The van der Waals surface area contributed by atoms with E-state index >= 15 is 0 Å². The number of benzene rings is 1. The highest BCUT2D eigenvalue weighted by Crippen LogP contribution is 2.45. The largest absolute Gasteiger partial charge is 0.433 e. The Morgan fingerprint density at radius 1 is 1.12 bits per heavy atom. The maximum Gasteiger partial charge on any atom is 0.433 e. The molecule has 0 saturated carbocycles. The Balaban J connectivity index is 0.000000348. The summed E-state index contributed by atoms with van der Waals surface area (Å²) in [7, 11) is 0. The van der Waals surface area contributed by atoms with Gasteiger partial charge in [0.25, 0.3) is 0 Å². The van der Waals surface area contributed by atoms with Gasteiger partial charge in [-0.25, -0.2) is 15.0 Å². The summed E-state index contributed by atoms with van der Waals surface area (Å²) in [6.07, 6.45) is 5.95. The van der Waals surface area contributed by atoms with Crippen LogP contribution in [0, 0.1) is 6.92 Å². The van der Waals surface area contributed by atoms with E-state index in [9.17, 15) is 22.8 Å². The molecule has 8 nitrogen and oxygen atoms in total. The third kappa shape index (κ3) is 6.43. The second-order valence-electron chi connectivity index (χ2n) is 10.5. The predicted molar refractivity (Wildman–Crippen MR) is 146 cm³/mol. The first kappa shape index (κ1) is 28.0. The molecule has 6 rings (SSSR count). The Morgan fingerprint density at radius 3 is 2.77 bits per heavy atom. The van der Waals surface area contributed by atoms with Crippen LogP contribution in [0.5, 0.6) is 0 Å². The fourth-order valence-corrected chi connectivity index (χ4v) is 6.50. The molecule has 0 aliphatic carbocycles. The van der Waals surface area contributed by atoms with Crippen molar-refractivity contribution in [3.05, 3.63) is 52.9 Å². The zero-order valence-electron chi connectivity index (χ0n) is 22.2. The molecule has 12 heteroatoms. The maximum atomic E-state index is 12.9. The van der Waals surface area contributed by atoms with Crippen LogP contribution in [0.25, 0.3) is 10.4 Å². The first-order valence-electron chi connectivity index (χ1n) is 13.4. The number of alkyl halides is 3. The van der Waals surface area contributed by atoms with Gasteiger partial charge in [0.2, 0.25) is 17.8 Å². The van der Waals surface area contributed by atoms with Crippen molar-refractivity contribution < 1.29 is 22.8 Å². The second kappa shape index (κ2) is 11.5. The molecule has 1 unspecified atom stereocenters. The molecule has 2 N–H and O–H groups in total. The molecule has 1 aromatic carbocycles. The van der Waals surface area contributed by atoms with Crippen LogP contribution in [0.3, 0.4) is 0 Å². The number of nitrogens with one attached hydrogen (secondary N) is 2. The van der Waals surface area contributed by atoms with Crippen molar-refractivity contribution in [1.29, 1.82) is 0 Å². The van der Waals surface area contributed by atoms with Gasteiger partial charge >= 0.3 is 6.18 Å². The van der Waals surface area contributed by atoms with Gasteiger partial charge in [-0.05, 0) is 61.9 Å². The average molecular weight is 573 g/mol. The molecule has 2 aromatic heterocycles. The molecule has 2 amide bonds. The monoisotopic (exact) mass is 572 g/mol. The van der Waals surface area contributed by atoms with Crippen molar-refractivity contribution in [3.63, 3.8) is 0 Å². The number of hydrogen-bond acceptors (Lipinski definition) is 7. The molecular formula is C28H31F3N6O2S. The van der Waals surface area contributed by atoms with Gasteiger partial charge in [-0.15, -0.1) is 11.3 Å². The van der Waals surface area contributed by atoms with Crippen molar-refractivity contribution in [2.45, 2.75) is 70.0 Å². The molecule has 3 aliphatic rings. The molecule has 3 aliphatic heterocycles. The normalized spacial score (nSPS) is 20.6. The minimum absolute atomic E-state index is 0.0631. The number of aromatic nitrogens is 3. The van der Waals surface area contributed by atoms with Crippen molar-refractivity contribution >= 4 is 34.8 Å². The van der Waals surface area contributed by atoms with Gasteiger partial charge in [0.05, 0.1) is 21.8 Å². The SMILES string of the molecule is Cc1cc(Nc2nccc(C(F)(F)F)n2)cc(-c2cnc(CC34CCCN3C(=O)C4)s2)c1.O=C1CCCCCN1. The summed E-state index contributed by atoms with van der Waals surface area (Å²) in [5, 5.41) is 6.67. The van der Waals surface area contributed by atoms with E-state index < -0.39 is 11.9 Å². The predicted octanol–water partition coefficient (Wildman–Crippen LogP) is 5.65. The Bertz CT molecular complexity index is 1380. The first-order chi connectivity index (χ1) is 19.1. The highest BCUT2D eigenvalue weighted by molar-refractivity contribution is 7.15. The van der Waals surface area contributed by atoms with E-state index in [1.165, 1.54) is 6.42 Å². The van der Waals surface area contributed by atoms with Crippen molar-refractivity contribution in [3.8, 4) is 10.4 Å². The summed E-state index contributed by atoms with van der Waals surface area (Å²) in [5.41, 5.74) is 1.39. The van der Waals surface area contributed by atoms with Gasteiger partial charge < -0.3 is 15.5 Å². The second-order valence-corrected chi connectivity index (χ2v) is 11.6. The highest BCUT2D eigenvalue weighted by atomic mass is 32.1. The lowest BCUT2D eigenvalue weighted by molar-refractivity contribution is -0.151. The Labute approximate surface area is 234 Å². The van der Waals surface area contributed by atoms with Crippen LogP contribution in [0.15, 0.2) is 36.7 Å². The number of amides is 2. The van der Waals surface area contributed by atoms with Gasteiger partial charge in [0, 0.05) is 44.0 Å². The van der Waals surface area contributed by atoms with Crippen LogP contribution in [0.1, 0.15) is 61.2 Å². The number of fused-ring (bicyclic) bond motifs is 1. The van der Waals surface area contributed by atoms with Crippen LogP contribution in [-0.2, 0) is 22.2 Å². The number of hydrogen-bond donors (Lipinski definition) is 2. The zero-order chi connectivity index (χ0) is 28.3. The Kier molecular flexibility index (Phi) is 8.07. The molecule has 0 spiro atoms. The molecular weight excluding hydrogens is 541 g/mol. The summed E-state index contributed by atoms with van der Waals surface area (Å²) in [6, 6.07) is 6.51. The van der Waals surface area contributed by atoms with E-state index in [1.54, 1.807) is 11.3 Å². The van der Waals surface area contributed by atoms with E-state index in [2.05, 4.69) is 25.6 Å². The molecule has 3 aromatic rings. The van der Waals surface area contributed by atoms with Crippen molar-refractivity contribution in [1.82, 2.24) is 25.2 Å². The molecule has 0 radical (unpaired) electrons. The summed E-state index contributed by atoms with van der Waals surface area (Å²) in [4.78, 5) is 37.4. The van der Waals surface area contributed by atoms with E-state index in [0.717, 1.165) is 84.9 Å². The summed E-state index contributed by atoms with van der Waals surface area (Å²) < 4.78 is 38.8. The summed E-state index contributed by atoms with van der Waals surface area (Å²) in [6.45, 7) is 3.64. The standard InChI is InChI=1S/C22H20F3N5OS.C6H11NO/c1-13-7-14(9-15(8-13)28-20-26-5-3-17(29-20)22(23,24)25)16-12-27-18(32-16)10-21-4-2-6-30(21)19(31)11-21;8-6-4-2-1-3-5-7-6/h3,5,7-9,12H,2,4,6,10-11H2,1H3,(H,26,28,29);1-5H2,(H,7,8). The molecule has 3 fully saturated rings. The molecule has 1 atom stereocenters. The van der Waals surface area contributed by atoms with Crippen molar-refractivity contribution in [2.24, 2.45) is 0 Å². The number of aryl methyl sites for hydroxylation is 1. The summed E-state index contributed by atoms with van der Waals surface area (Å²) in [5.74, 6) is 0.337. The van der Waals surface area contributed by atoms with Crippen LogP contribution in [0.2, 0.25) is 0 Å². The van der Waals surface area contributed by atoms with Gasteiger partial charge in [0.15, 0.2) is 0 Å². The van der Waals surface area contributed by atoms with Gasteiger partial charge in [-0.2, -0.15) is 13.2 Å². The van der Waals surface area contributed by atoms with Crippen LogP contribution in [0.4, 0.5) is 24.8 Å². The van der Waals surface area contributed by atoms with Crippen LogP contribution in [-0.4, -0.2) is 50.3 Å². The van der Waals surface area contributed by atoms with Crippen LogP contribution < -0.4 is 10.6 Å². The number of thiazole rings is 1. The Hall–Kier alpha value is -3.54. The van der Waals surface area contributed by atoms with E-state index in [0.29, 0.717) is 12.1 Å². The third-order valence-corrected chi connectivity index (χ3v) is 8.42. The van der Waals surface area contributed by atoms with E-state index in [-0.39, 0.29) is 23.3 Å². The maximum absolute atomic E-state index is 12.9. The quantitative estimate of drug-likeness (QED) is 0.383. The molecule has 212 valence electrons. The van der Waals surface area contributed by atoms with Crippen molar-refractivity contribution in [2.75, 3.05) is 18.4 Å². The number of halogens is 3. The van der Waals surface area contributed by atoms with Gasteiger partial charge in [-0.3, -0.25) is 9.59 Å². The molecule has 5 heterocycles. The topological polar surface area (TPSA) is 100 Å². The third-order valence-electron chi connectivity index (χ3n) is 7.38. The lowest BCUT2D eigenvalue weighted by Crippen LogP contribution is -2.60. The fraction of sp³-hybridized carbons (Fsp3) is 0.464. The van der Waals surface area contributed by atoms with Gasteiger partial charge in [0.1, 0.15) is 5.69 Å². The molecule has 0 bridgehead atoms. The number of β-lactam (4-membered cyclic amide) rings is 1. The fourth-order valence-electron chi connectivity index (χ4n) is 5.46. The minimum Gasteiger partial charge on any atom is -0.356 e. The molecule has 3 saturated heterocycles. The molecule has 40 heavy (non-hydrogen) atoms. The van der Waals surface area contributed by atoms with Crippen LogP contribution >= 0.6 is 11.3 Å². The smallest absolute Gasteiger partial charge is 0.356 e. The number of carbonyl (C=O) groups excluding carboxylic acids is 2. The van der Waals surface area contributed by atoms with E-state index in [1.807, 2.05) is 36.2 Å².